The molecule has 1 aromatic heterocycles. The number of carbonyl (C=O) groups excluding carboxylic acids is 1. The first kappa shape index (κ1) is 22.2. The molecule has 0 amide bonds. The molecule has 1 heterocycles. The molecule has 0 aliphatic heterocycles. The number of ether oxygens (including phenoxy) is 1. The van der Waals surface area contributed by atoms with Gasteiger partial charge in [0.25, 0.3) is 0 Å². The van der Waals surface area contributed by atoms with Gasteiger partial charge >= 0.3 is 5.97 Å². The molecule has 4 aromatic rings. The van der Waals surface area contributed by atoms with Crippen molar-refractivity contribution in [2.24, 2.45) is 0 Å². The van der Waals surface area contributed by atoms with Crippen LogP contribution in [0.1, 0.15) is 30.5 Å². The first-order chi connectivity index (χ1) is 15.6. The first-order valence-electron chi connectivity index (χ1n) is 10.4. The highest BCUT2D eigenvalue weighted by Crippen LogP contribution is 2.40. The lowest BCUT2D eigenvalue weighted by molar-refractivity contribution is -0.136. The molecule has 0 N–H and O–H groups in total. The van der Waals surface area contributed by atoms with Gasteiger partial charge in [-0.05, 0) is 55.3 Å². The number of hydrogen-bond acceptors (Lipinski definition) is 4. The van der Waals surface area contributed by atoms with Crippen molar-refractivity contribution in [2.45, 2.75) is 36.0 Å². The molecule has 0 bridgehead atoms. The second-order valence-corrected chi connectivity index (χ2v) is 8.84. The SMILES string of the molecule is CCC(C(=O)Oc1c(Sc2ccc(Cl)cc2)c(C)nn1-c1ccccc1)c1ccccc1. The summed E-state index contributed by atoms with van der Waals surface area (Å²) in [5.41, 5.74) is 2.55. The van der Waals surface area contributed by atoms with E-state index < -0.39 is 0 Å². The molecule has 0 radical (unpaired) electrons. The number of esters is 1. The van der Waals surface area contributed by atoms with Crippen LogP contribution in [-0.4, -0.2) is 15.7 Å². The first-order valence-corrected chi connectivity index (χ1v) is 11.6. The van der Waals surface area contributed by atoms with Crippen molar-refractivity contribution in [3.8, 4) is 11.6 Å². The van der Waals surface area contributed by atoms with E-state index in [4.69, 9.17) is 21.4 Å². The van der Waals surface area contributed by atoms with Crippen LogP contribution in [-0.2, 0) is 4.79 Å². The van der Waals surface area contributed by atoms with Gasteiger partial charge in [0.05, 0.1) is 22.2 Å². The van der Waals surface area contributed by atoms with E-state index in [0.717, 1.165) is 26.7 Å². The van der Waals surface area contributed by atoms with Crippen LogP contribution >= 0.6 is 23.4 Å². The minimum atomic E-state index is -0.357. The number of nitrogens with zero attached hydrogens (tertiary/aromatic N) is 2. The number of aromatic nitrogens is 2. The fourth-order valence-electron chi connectivity index (χ4n) is 3.45. The van der Waals surface area contributed by atoms with Crippen molar-refractivity contribution in [2.75, 3.05) is 0 Å². The summed E-state index contributed by atoms with van der Waals surface area (Å²) in [5, 5.41) is 5.37. The molecule has 0 aliphatic rings. The van der Waals surface area contributed by atoms with Crippen LogP contribution in [0.4, 0.5) is 0 Å². The minimum Gasteiger partial charge on any atom is -0.406 e. The minimum absolute atomic E-state index is 0.297. The third-order valence-corrected chi connectivity index (χ3v) is 6.53. The summed E-state index contributed by atoms with van der Waals surface area (Å²) in [5.74, 6) is -0.231. The molecular formula is C26H23ClN2O2S. The predicted octanol–water partition coefficient (Wildman–Crippen LogP) is 7.08. The molecule has 4 nitrogen and oxygen atoms in total. The second kappa shape index (κ2) is 10.1. The number of halogens is 1. The third kappa shape index (κ3) is 4.90. The van der Waals surface area contributed by atoms with E-state index in [0.29, 0.717) is 17.3 Å². The molecule has 3 aromatic carbocycles. The number of rotatable bonds is 7. The van der Waals surface area contributed by atoms with E-state index in [2.05, 4.69) is 0 Å². The highest BCUT2D eigenvalue weighted by atomic mass is 35.5. The van der Waals surface area contributed by atoms with Crippen molar-refractivity contribution >= 4 is 29.3 Å². The van der Waals surface area contributed by atoms with Crippen molar-refractivity contribution in [1.29, 1.82) is 0 Å². The maximum atomic E-state index is 13.3. The highest BCUT2D eigenvalue weighted by molar-refractivity contribution is 7.99. The number of hydrogen-bond donors (Lipinski definition) is 0. The van der Waals surface area contributed by atoms with Crippen molar-refractivity contribution < 1.29 is 9.53 Å². The molecule has 0 aliphatic carbocycles. The second-order valence-electron chi connectivity index (χ2n) is 7.32. The third-order valence-electron chi connectivity index (χ3n) is 5.09. The lowest BCUT2D eigenvalue weighted by Crippen LogP contribution is -2.20. The molecule has 6 heteroatoms. The number of para-hydroxylation sites is 1. The summed E-state index contributed by atoms with van der Waals surface area (Å²) in [7, 11) is 0. The lowest BCUT2D eigenvalue weighted by Gasteiger charge is -2.16. The summed E-state index contributed by atoms with van der Waals surface area (Å²) < 4.78 is 7.77. The molecule has 162 valence electrons. The van der Waals surface area contributed by atoms with E-state index in [1.165, 1.54) is 11.8 Å². The summed E-state index contributed by atoms with van der Waals surface area (Å²) in [6.45, 7) is 3.91. The summed E-state index contributed by atoms with van der Waals surface area (Å²) >= 11 is 7.55. The van der Waals surface area contributed by atoms with Gasteiger partial charge in [-0.25, -0.2) is 0 Å². The Bertz CT molecular complexity index is 1190. The van der Waals surface area contributed by atoms with Gasteiger partial charge in [0.1, 0.15) is 0 Å². The Balaban J connectivity index is 1.74. The number of benzene rings is 3. The van der Waals surface area contributed by atoms with Crippen molar-refractivity contribution in [1.82, 2.24) is 9.78 Å². The molecule has 0 spiro atoms. The van der Waals surface area contributed by atoms with E-state index >= 15 is 0 Å². The van der Waals surface area contributed by atoms with E-state index in [9.17, 15) is 4.79 Å². The smallest absolute Gasteiger partial charge is 0.320 e. The Morgan fingerprint density at radius 1 is 1.00 bits per heavy atom. The molecule has 1 atom stereocenters. The lowest BCUT2D eigenvalue weighted by atomic mass is 9.97. The van der Waals surface area contributed by atoms with Gasteiger partial charge in [0.2, 0.25) is 5.88 Å². The molecule has 1 unspecified atom stereocenters. The topological polar surface area (TPSA) is 44.1 Å². The summed E-state index contributed by atoms with van der Waals surface area (Å²) in [6, 6.07) is 27.0. The Kier molecular flexibility index (Phi) is 6.98. The maximum Gasteiger partial charge on any atom is 0.320 e. The standard InChI is InChI=1S/C26H23ClN2O2S/c1-3-23(19-10-6-4-7-11-19)26(30)31-25-24(32-22-16-14-20(27)15-17-22)18(2)28-29(25)21-12-8-5-9-13-21/h4-17,23H,3H2,1-2H3. The average molecular weight is 463 g/mol. The fourth-order valence-corrected chi connectivity index (χ4v) is 4.49. The van der Waals surface area contributed by atoms with Gasteiger partial charge in [-0.3, -0.25) is 4.79 Å². The van der Waals surface area contributed by atoms with Crippen LogP contribution in [0.2, 0.25) is 5.02 Å². The van der Waals surface area contributed by atoms with Crippen molar-refractivity contribution in [3.63, 3.8) is 0 Å². The van der Waals surface area contributed by atoms with Crippen LogP contribution < -0.4 is 4.74 Å². The van der Waals surface area contributed by atoms with Crippen LogP contribution in [0.5, 0.6) is 5.88 Å². The van der Waals surface area contributed by atoms with Gasteiger partial charge in [-0.15, -0.1) is 0 Å². The van der Waals surface area contributed by atoms with Crippen LogP contribution in [0, 0.1) is 6.92 Å². The maximum absolute atomic E-state index is 13.3. The molecular weight excluding hydrogens is 440 g/mol. The van der Waals surface area contributed by atoms with Gasteiger partial charge in [-0.1, -0.05) is 78.8 Å². The van der Waals surface area contributed by atoms with Gasteiger partial charge in [0.15, 0.2) is 0 Å². The van der Waals surface area contributed by atoms with Crippen LogP contribution in [0.3, 0.4) is 0 Å². The molecule has 0 saturated heterocycles. The fraction of sp³-hybridized carbons (Fsp3) is 0.154. The van der Waals surface area contributed by atoms with Gasteiger partial charge < -0.3 is 4.74 Å². The number of aryl methyl sites for hydroxylation is 1. The molecule has 0 fully saturated rings. The van der Waals surface area contributed by atoms with Crippen LogP contribution in [0.25, 0.3) is 5.69 Å². The van der Waals surface area contributed by atoms with E-state index in [1.54, 1.807) is 4.68 Å². The van der Waals surface area contributed by atoms with Gasteiger partial charge in [-0.2, -0.15) is 9.78 Å². The zero-order chi connectivity index (χ0) is 22.5. The Hall–Kier alpha value is -3.02. The normalized spacial score (nSPS) is 11.8. The zero-order valence-corrected chi connectivity index (χ0v) is 19.4. The van der Waals surface area contributed by atoms with Gasteiger partial charge in [0, 0.05) is 9.92 Å². The zero-order valence-electron chi connectivity index (χ0n) is 17.9. The molecule has 4 rings (SSSR count). The predicted molar refractivity (Wildman–Crippen MR) is 129 cm³/mol. The number of carbonyl (C=O) groups is 1. The van der Waals surface area contributed by atoms with Crippen molar-refractivity contribution in [3.05, 3.63) is 101 Å². The Morgan fingerprint density at radius 2 is 1.62 bits per heavy atom. The monoisotopic (exact) mass is 462 g/mol. The van der Waals surface area contributed by atoms with Crippen LogP contribution in [0.15, 0.2) is 94.7 Å². The molecule has 0 saturated carbocycles. The largest absolute Gasteiger partial charge is 0.406 e. The Morgan fingerprint density at radius 3 is 2.25 bits per heavy atom. The average Bonchev–Trinajstić information content (AvgIpc) is 3.12. The summed E-state index contributed by atoms with van der Waals surface area (Å²) in [4.78, 5) is 15.1. The van der Waals surface area contributed by atoms with E-state index in [1.807, 2.05) is 98.8 Å². The van der Waals surface area contributed by atoms with E-state index in [-0.39, 0.29) is 11.9 Å². The highest BCUT2D eigenvalue weighted by Gasteiger charge is 2.26. The molecule has 32 heavy (non-hydrogen) atoms. The summed E-state index contributed by atoms with van der Waals surface area (Å²) in [6.07, 6.45) is 0.640. The Labute approximate surface area is 197 Å². The quantitative estimate of drug-likeness (QED) is 0.275.